The molecule has 3 rings (SSSR count). The summed E-state index contributed by atoms with van der Waals surface area (Å²) in [6, 6.07) is 5.94. The average Bonchev–Trinajstić information content (AvgIpc) is 2.89. The van der Waals surface area contributed by atoms with Gasteiger partial charge in [0.1, 0.15) is 5.52 Å². The number of aryl methyl sites for hydroxylation is 2. The van der Waals surface area contributed by atoms with Gasteiger partial charge in [-0.25, -0.2) is 4.98 Å². The number of nitrogens with two attached hydrogens (primary N) is 1. The molecule has 18 heavy (non-hydrogen) atoms. The Hall–Kier alpha value is -2.14. The molecule has 0 aliphatic rings. The second-order valence-electron chi connectivity index (χ2n) is 4.25. The summed E-state index contributed by atoms with van der Waals surface area (Å²) in [5.74, 6) is 0.674. The summed E-state index contributed by atoms with van der Waals surface area (Å²) in [6.07, 6.45) is 1.83. The van der Waals surface area contributed by atoms with Crippen LogP contribution >= 0.6 is 0 Å². The molecule has 0 radical (unpaired) electrons. The Morgan fingerprint density at radius 2 is 2.22 bits per heavy atom. The molecule has 0 amide bonds. The molecule has 0 spiro atoms. The minimum absolute atomic E-state index is 0.458. The van der Waals surface area contributed by atoms with Gasteiger partial charge in [0.15, 0.2) is 11.5 Å². The third-order valence-corrected chi connectivity index (χ3v) is 3.06. The molecule has 0 unspecified atom stereocenters. The molecule has 0 fully saturated rings. The lowest BCUT2D eigenvalue weighted by Gasteiger charge is -2.03. The van der Waals surface area contributed by atoms with E-state index in [4.69, 9.17) is 10.2 Å². The molecule has 0 saturated heterocycles. The molecule has 1 aromatic carbocycles. The van der Waals surface area contributed by atoms with Crippen LogP contribution in [0.2, 0.25) is 0 Å². The van der Waals surface area contributed by atoms with Gasteiger partial charge in [-0.1, -0.05) is 6.07 Å². The van der Waals surface area contributed by atoms with Gasteiger partial charge in [0, 0.05) is 26.1 Å². The Labute approximate surface area is 104 Å². The van der Waals surface area contributed by atoms with Crippen LogP contribution in [0.15, 0.2) is 28.8 Å². The molecule has 92 valence electrons. The van der Waals surface area contributed by atoms with E-state index in [1.807, 2.05) is 38.4 Å². The Morgan fingerprint density at radius 1 is 1.39 bits per heavy atom. The Balaban J connectivity index is 2.18. The van der Waals surface area contributed by atoms with Gasteiger partial charge in [0.05, 0.1) is 11.9 Å². The first-order valence-corrected chi connectivity index (χ1v) is 5.77. The first kappa shape index (κ1) is 11.0. The maximum atomic E-state index is 5.75. The minimum atomic E-state index is 0.458. The minimum Gasteiger partial charge on any atom is -0.441 e. The van der Waals surface area contributed by atoms with Crippen LogP contribution in [0.4, 0.5) is 0 Å². The molecular formula is C13H14N4O. The van der Waals surface area contributed by atoms with Gasteiger partial charge in [0.2, 0.25) is 0 Å². The monoisotopic (exact) mass is 242 g/mol. The van der Waals surface area contributed by atoms with Crippen LogP contribution in [0.5, 0.6) is 0 Å². The standard InChI is InChI=1S/C13H14N4O/c1-8-16-11-4-3-9(5-13(11)18-8)10-7-15-17(2)12(10)6-14/h3-5,7H,6,14H2,1-2H3. The van der Waals surface area contributed by atoms with Gasteiger partial charge in [-0.15, -0.1) is 0 Å². The number of hydrogen-bond acceptors (Lipinski definition) is 4. The molecule has 5 nitrogen and oxygen atoms in total. The summed E-state index contributed by atoms with van der Waals surface area (Å²) >= 11 is 0. The topological polar surface area (TPSA) is 69.9 Å². The van der Waals surface area contributed by atoms with Crippen molar-refractivity contribution in [3.05, 3.63) is 36.0 Å². The number of hydrogen-bond donors (Lipinski definition) is 1. The second-order valence-corrected chi connectivity index (χ2v) is 4.25. The molecule has 2 heterocycles. The molecule has 0 aliphatic carbocycles. The molecule has 2 N–H and O–H groups in total. The van der Waals surface area contributed by atoms with E-state index in [0.717, 1.165) is 27.9 Å². The quantitative estimate of drug-likeness (QED) is 0.746. The fraction of sp³-hybridized carbons (Fsp3) is 0.231. The Bertz CT molecular complexity index is 711. The van der Waals surface area contributed by atoms with Gasteiger partial charge in [-0.3, -0.25) is 4.68 Å². The second kappa shape index (κ2) is 3.96. The van der Waals surface area contributed by atoms with Crippen molar-refractivity contribution in [1.82, 2.24) is 14.8 Å². The first-order valence-electron chi connectivity index (χ1n) is 5.77. The molecular weight excluding hydrogens is 228 g/mol. The summed E-state index contributed by atoms with van der Waals surface area (Å²) in [5.41, 5.74) is 10.5. The lowest BCUT2D eigenvalue weighted by Crippen LogP contribution is -2.05. The normalized spacial score (nSPS) is 11.3. The number of nitrogens with zero attached hydrogens (tertiary/aromatic N) is 3. The smallest absolute Gasteiger partial charge is 0.192 e. The van der Waals surface area contributed by atoms with Gasteiger partial charge in [-0.05, 0) is 17.7 Å². The highest BCUT2D eigenvalue weighted by molar-refractivity contribution is 5.80. The highest BCUT2D eigenvalue weighted by Crippen LogP contribution is 2.27. The Kier molecular flexibility index (Phi) is 2.41. The van der Waals surface area contributed by atoms with E-state index in [2.05, 4.69) is 10.1 Å². The van der Waals surface area contributed by atoms with Crippen LogP contribution in [-0.4, -0.2) is 14.8 Å². The van der Waals surface area contributed by atoms with Crippen molar-refractivity contribution in [2.75, 3.05) is 0 Å². The van der Waals surface area contributed by atoms with E-state index in [-0.39, 0.29) is 0 Å². The van der Waals surface area contributed by atoms with Crippen LogP contribution in [-0.2, 0) is 13.6 Å². The predicted octanol–water partition coefficient (Wildman–Crippen LogP) is 2.00. The van der Waals surface area contributed by atoms with Crippen LogP contribution in [0, 0.1) is 6.92 Å². The summed E-state index contributed by atoms with van der Waals surface area (Å²) in [7, 11) is 1.89. The van der Waals surface area contributed by atoms with Crippen molar-refractivity contribution >= 4 is 11.1 Å². The summed E-state index contributed by atoms with van der Waals surface area (Å²) in [4.78, 5) is 4.28. The van der Waals surface area contributed by atoms with Crippen molar-refractivity contribution in [1.29, 1.82) is 0 Å². The Morgan fingerprint density at radius 3 is 3.00 bits per heavy atom. The molecule has 0 aliphatic heterocycles. The molecule has 0 saturated carbocycles. The fourth-order valence-corrected chi connectivity index (χ4v) is 2.15. The third kappa shape index (κ3) is 1.60. The zero-order valence-electron chi connectivity index (χ0n) is 10.3. The summed E-state index contributed by atoms with van der Waals surface area (Å²) in [5, 5.41) is 4.24. The summed E-state index contributed by atoms with van der Waals surface area (Å²) in [6.45, 7) is 2.30. The van der Waals surface area contributed by atoms with Crippen molar-refractivity contribution in [2.45, 2.75) is 13.5 Å². The highest BCUT2D eigenvalue weighted by Gasteiger charge is 2.11. The van der Waals surface area contributed by atoms with Crippen LogP contribution in [0.1, 0.15) is 11.6 Å². The first-order chi connectivity index (χ1) is 8.69. The number of fused-ring (bicyclic) bond motifs is 1. The highest BCUT2D eigenvalue weighted by atomic mass is 16.3. The van der Waals surface area contributed by atoms with Crippen LogP contribution < -0.4 is 5.73 Å². The van der Waals surface area contributed by atoms with Crippen molar-refractivity contribution in [3.63, 3.8) is 0 Å². The van der Waals surface area contributed by atoms with E-state index in [9.17, 15) is 0 Å². The zero-order chi connectivity index (χ0) is 12.7. The molecule has 3 aromatic rings. The van der Waals surface area contributed by atoms with Gasteiger partial charge in [-0.2, -0.15) is 5.10 Å². The van der Waals surface area contributed by atoms with Crippen molar-refractivity contribution in [3.8, 4) is 11.1 Å². The molecule has 5 heteroatoms. The van der Waals surface area contributed by atoms with Gasteiger partial charge >= 0.3 is 0 Å². The van der Waals surface area contributed by atoms with E-state index in [0.29, 0.717) is 12.4 Å². The number of rotatable bonds is 2. The number of aromatic nitrogens is 3. The fourth-order valence-electron chi connectivity index (χ4n) is 2.15. The van der Waals surface area contributed by atoms with Crippen LogP contribution in [0.3, 0.4) is 0 Å². The molecule has 0 atom stereocenters. The van der Waals surface area contributed by atoms with Gasteiger partial charge < -0.3 is 10.2 Å². The van der Waals surface area contributed by atoms with E-state index in [1.165, 1.54) is 0 Å². The third-order valence-electron chi connectivity index (χ3n) is 3.06. The van der Waals surface area contributed by atoms with Gasteiger partial charge in [0.25, 0.3) is 0 Å². The lowest BCUT2D eigenvalue weighted by molar-refractivity contribution is 0.561. The SMILES string of the molecule is Cc1nc2ccc(-c3cnn(C)c3CN)cc2o1. The predicted molar refractivity (Wildman–Crippen MR) is 68.8 cm³/mol. The van der Waals surface area contributed by atoms with Crippen LogP contribution in [0.25, 0.3) is 22.2 Å². The largest absolute Gasteiger partial charge is 0.441 e. The van der Waals surface area contributed by atoms with Crippen molar-refractivity contribution in [2.24, 2.45) is 12.8 Å². The summed E-state index contributed by atoms with van der Waals surface area (Å²) < 4.78 is 7.34. The average molecular weight is 242 g/mol. The van der Waals surface area contributed by atoms with E-state index >= 15 is 0 Å². The zero-order valence-corrected chi connectivity index (χ0v) is 10.3. The lowest BCUT2D eigenvalue weighted by atomic mass is 10.1. The van der Waals surface area contributed by atoms with E-state index in [1.54, 1.807) is 4.68 Å². The number of benzene rings is 1. The molecule has 0 bridgehead atoms. The maximum Gasteiger partial charge on any atom is 0.192 e. The van der Waals surface area contributed by atoms with Crippen molar-refractivity contribution < 1.29 is 4.42 Å². The van der Waals surface area contributed by atoms with E-state index < -0.39 is 0 Å². The molecule has 2 aromatic heterocycles. The number of oxazole rings is 1. The maximum absolute atomic E-state index is 5.75.